The molecule has 0 atom stereocenters. The van der Waals surface area contributed by atoms with Crippen LogP contribution in [0.2, 0.25) is 5.02 Å². The van der Waals surface area contributed by atoms with E-state index in [1.807, 2.05) is 18.2 Å². The molecule has 58 valence electrons. The highest BCUT2D eigenvalue weighted by molar-refractivity contribution is 9.15. The molecule has 0 amide bonds. The second-order valence-electron chi connectivity index (χ2n) is 2.03. The van der Waals surface area contributed by atoms with E-state index in [9.17, 15) is 0 Å². The lowest BCUT2D eigenvalue weighted by atomic mass is 10.2. The van der Waals surface area contributed by atoms with Gasteiger partial charge in [0.1, 0.15) is 0 Å². The van der Waals surface area contributed by atoms with Gasteiger partial charge in [0, 0.05) is 19.5 Å². The Morgan fingerprint density at radius 3 is 2.55 bits per heavy atom. The number of rotatable bonds is 1. The van der Waals surface area contributed by atoms with Crippen LogP contribution in [0.15, 0.2) is 29.3 Å². The van der Waals surface area contributed by atoms with Gasteiger partial charge in [-0.05, 0) is 18.2 Å². The van der Waals surface area contributed by atoms with Gasteiger partial charge in [-0.15, -0.1) is 0 Å². The number of hydrogen-bond acceptors (Lipinski definition) is 0. The summed E-state index contributed by atoms with van der Waals surface area (Å²) in [7, 11) is 0. The first-order chi connectivity index (χ1) is 5.11. The molecule has 0 nitrogen and oxygen atoms in total. The van der Waals surface area contributed by atoms with E-state index >= 15 is 0 Å². The van der Waals surface area contributed by atoms with Crippen molar-refractivity contribution >= 4 is 47.9 Å². The van der Waals surface area contributed by atoms with Gasteiger partial charge in [-0.2, -0.15) is 0 Å². The Kier molecular flexibility index (Phi) is 3.16. The van der Waals surface area contributed by atoms with Crippen molar-refractivity contribution < 1.29 is 0 Å². The molecule has 0 aliphatic carbocycles. The van der Waals surface area contributed by atoms with Gasteiger partial charge in [0.25, 0.3) is 0 Å². The van der Waals surface area contributed by atoms with Crippen LogP contribution >= 0.6 is 43.5 Å². The van der Waals surface area contributed by atoms with Crippen LogP contribution in [0.3, 0.4) is 0 Å². The second kappa shape index (κ2) is 3.74. The predicted molar refractivity (Wildman–Crippen MR) is 57.1 cm³/mol. The van der Waals surface area contributed by atoms with Crippen LogP contribution in [0.1, 0.15) is 5.56 Å². The van der Waals surface area contributed by atoms with Gasteiger partial charge in [0.05, 0.1) is 0 Å². The molecule has 0 fully saturated rings. The maximum absolute atomic E-state index is 5.78. The third kappa shape index (κ3) is 2.32. The minimum Gasteiger partial charge on any atom is -0.0843 e. The van der Waals surface area contributed by atoms with Crippen molar-refractivity contribution in [2.24, 2.45) is 0 Å². The lowest BCUT2D eigenvalue weighted by Gasteiger charge is -2.01. The Morgan fingerprint density at radius 2 is 2.09 bits per heavy atom. The summed E-state index contributed by atoms with van der Waals surface area (Å²) < 4.78 is 1.82. The predicted octanol–water partition coefficient (Wildman–Crippen LogP) is 4.47. The zero-order valence-corrected chi connectivity index (χ0v) is 9.50. The number of halogens is 3. The lowest BCUT2D eigenvalue weighted by molar-refractivity contribution is 1.60. The molecule has 0 unspecified atom stereocenters. The molecule has 0 heterocycles. The first kappa shape index (κ1) is 9.30. The fourth-order valence-corrected chi connectivity index (χ4v) is 1.96. The minimum atomic E-state index is 0.712. The molecule has 1 rings (SSSR count). The largest absolute Gasteiger partial charge is 0.0843 e. The summed E-state index contributed by atoms with van der Waals surface area (Å²) in [6, 6.07) is 5.57. The van der Waals surface area contributed by atoms with E-state index in [-0.39, 0.29) is 0 Å². The molecule has 0 saturated heterocycles. The van der Waals surface area contributed by atoms with Gasteiger partial charge in [-0.25, -0.2) is 0 Å². The Bertz CT molecular complexity index is 294. The minimum absolute atomic E-state index is 0.712. The maximum atomic E-state index is 5.78. The van der Waals surface area contributed by atoms with Crippen molar-refractivity contribution in [3.8, 4) is 0 Å². The average Bonchev–Trinajstić information content (AvgIpc) is 1.94. The lowest BCUT2D eigenvalue weighted by Crippen LogP contribution is -1.77. The maximum Gasteiger partial charge on any atom is 0.0413 e. The van der Waals surface area contributed by atoms with Gasteiger partial charge in [0.15, 0.2) is 0 Å². The van der Waals surface area contributed by atoms with E-state index in [1.165, 1.54) is 0 Å². The Hall–Kier alpha value is 0.210. The van der Waals surface area contributed by atoms with Crippen LogP contribution < -0.4 is 0 Å². The molecule has 3 heteroatoms. The van der Waals surface area contributed by atoms with Crippen molar-refractivity contribution in [2.45, 2.75) is 0 Å². The van der Waals surface area contributed by atoms with Crippen LogP contribution in [-0.4, -0.2) is 0 Å². The van der Waals surface area contributed by atoms with E-state index < -0.39 is 0 Å². The normalized spacial score (nSPS) is 9.73. The van der Waals surface area contributed by atoms with E-state index in [2.05, 4.69) is 38.4 Å². The number of benzene rings is 1. The zero-order valence-electron chi connectivity index (χ0n) is 5.57. The molecule has 0 aromatic heterocycles. The van der Waals surface area contributed by atoms with E-state index in [0.29, 0.717) is 5.02 Å². The molecular weight excluding hydrogens is 291 g/mol. The van der Waals surface area contributed by atoms with Gasteiger partial charge in [0.2, 0.25) is 0 Å². The summed E-state index contributed by atoms with van der Waals surface area (Å²) in [4.78, 5) is 0. The molecule has 0 saturated carbocycles. The summed E-state index contributed by atoms with van der Waals surface area (Å²) in [6.07, 6.45) is 0. The molecule has 1 aromatic rings. The SMILES string of the molecule is C=C(Br)c1cc(Cl)ccc1Br. The highest BCUT2D eigenvalue weighted by Gasteiger charge is 2.01. The summed E-state index contributed by atoms with van der Waals surface area (Å²) in [6.45, 7) is 3.76. The van der Waals surface area contributed by atoms with Gasteiger partial charge >= 0.3 is 0 Å². The summed E-state index contributed by atoms with van der Waals surface area (Å²) in [5.41, 5.74) is 0.984. The molecule has 0 spiro atoms. The van der Waals surface area contributed by atoms with Crippen LogP contribution in [0.25, 0.3) is 4.48 Å². The third-order valence-corrected chi connectivity index (χ3v) is 2.57. The standard InChI is InChI=1S/C8H5Br2Cl/c1-5(9)7-4-6(11)2-3-8(7)10/h2-4H,1H2. The van der Waals surface area contributed by atoms with Crippen LogP contribution in [0.5, 0.6) is 0 Å². The van der Waals surface area contributed by atoms with Crippen LogP contribution in [-0.2, 0) is 0 Å². The van der Waals surface area contributed by atoms with E-state index in [0.717, 1.165) is 14.5 Å². The van der Waals surface area contributed by atoms with Crippen molar-refractivity contribution in [1.29, 1.82) is 0 Å². The first-order valence-electron chi connectivity index (χ1n) is 2.91. The molecule has 0 bridgehead atoms. The fourth-order valence-electron chi connectivity index (χ4n) is 0.705. The van der Waals surface area contributed by atoms with Gasteiger partial charge in [-0.1, -0.05) is 50.0 Å². The van der Waals surface area contributed by atoms with Crippen LogP contribution in [0.4, 0.5) is 0 Å². The van der Waals surface area contributed by atoms with Crippen molar-refractivity contribution in [3.63, 3.8) is 0 Å². The molecule has 1 aromatic carbocycles. The Balaban J connectivity index is 3.23. The van der Waals surface area contributed by atoms with Gasteiger partial charge < -0.3 is 0 Å². The fraction of sp³-hybridized carbons (Fsp3) is 0. The van der Waals surface area contributed by atoms with E-state index in [1.54, 1.807) is 0 Å². The Labute approximate surface area is 87.5 Å². The molecule has 11 heavy (non-hydrogen) atoms. The third-order valence-electron chi connectivity index (χ3n) is 1.22. The molecule has 0 radical (unpaired) electrons. The smallest absolute Gasteiger partial charge is 0.0413 e. The Morgan fingerprint density at radius 1 is 1.45 bits per heavy atom. The number of hydrogen-bond donors (Lipinski definition) is 0. The van der Waals surface area contributed by atoms with Gasteiger partial charge in [-0.3, -0.25) is 0 Å². The van der Waals surface area contributed by atoms with Crippen molar-refractivity contribution in [3.05, 3.63) is 39.8 Å². The average molecular weight is 296 g/mol. The zero-order chi connectivity index (χ0) is 8.43. The van der Waals surface area contributed by atoms with Crippen LogP contribution in [0, 0.1) is 0 Å². The summed E-state index contributed by atoms with van der Waals surface area (Å²) >= 11 is 12.4. The second-order valence-corrected chi connectivity index (χ2v) is 4.28. The quantitative estimate of drug-likeness (QED) is 0.717. The topological polar surface area (TPSA) is 0 Å². The van der Waals surface area contributed by atoms with Crippen molar-refractivity contribution in [2.75, 3.05) is 0 Å². The van der Waals surface area contributed by atoms with E-state index in [4.69, 9.17) is 11.6 Å². The summed E-state index contributed by atoms with van der Waals surface area (Å²) in [5.74, 6) is 0. The first-order valence-corrected chi connectivity index (χ1v) is 4.87. The highest BCUT2D eigenvalue weighted by Crippen LogP contribution is 2.29. The van der Waals surface area contributed by atoms with Crippen molar-refractivity contribution in [1.82, 2.24) is 0 Å². The molecule has 0 N–H and O–H groups in total. The molecule has 0 aliphatic heterocycles. The highest BCUT2D eigenvalue weighted by atomic mass is 79.9. The molecule has 0 aliphatic rings. The monoisotopic (exact) mass is 294 g/mol. The summed E-state index contributed by atoms with van der Waals surface area (Å²) in [5, 5.41) is 0.712. The molecular formula is C8H5Br2Cl.